The Morgan fingerprint density at radius 2 is 1.62 bits per heavy atom. The van der Waals surface area contributed by atoms with E-state index >= 15 is 0 Å². The van der Waals surface area contributed by atoms with Crippen LogP contribution in [0.3, 0.4) is 0 Å². The number of benzene rings is 1. The van der Waals surface area contributed by atoms with E-state index in [0.717, 1.165) is 18.8 Å². The number of rotatable bonds is 3. The molecule has 0 saturated carbocycles. The first kappa shape index (κ1) is 17.6. The molecule has 0 bridgehead atoms. The Bertz CT molecular complexity index is 587. The highest BCUT2D eigenvalue weighted by Crippen LogP contribution is 2.37. The quantitative estimate of drug-likeness (QED) is 0.793. The molecule has 0 amide bonds. The molecule has 0 unspecified atom stereocenters. The van der Waals surface area contributed by atoms with Crippen molar-refractivity contribution in [2.75, 3.05) is 31.2 Å². The standard InChI is InChI=1S/C17H24BF2NO3/c1-16(2)17(3,4)24-18(23-16)13-11-12(15(19)20)5-6-14(13)21-7-9-22-10-8-21/h5-6,11,15H,7-10H2,1-4H3. The van der Waals surface area contributed by atoms with E-state index in [2.05, 4.69) is 4.90 Å². The van der Waals surface area contributed by atoms with E-state index in [1.165, 1.54) is 12.1 Å². The Kier molecular flexibility index (Phi) is 4.62. The van der Waals surface area contributed by atoms with Crippen LogP contribution in [-0.2, 0) is 14.0 Å². The zero-order valence-electron chi connectivity index (χ0n) is 14.6. The first-order chi connectivity index (χ1) is 11.2. The molecule has 0 aromatic heterocycles. The average Bonchev–Trinajstić information content (AvgIpc) is 2.75. The van der Waals surface area contributed by atoms with Crippen LogP contribution in [0.25, 0.3) is 0 Å². The van der Waals surface area contributed by atoms with E-state index in [9.17, 15) is 8.78 Å². The Balaban J connectivity index is 1.99. The van der Waals surface area contributed by atoms with E-state index in [1.54, 1.807) is 6.07 Å². The number of ether oxygens (including phenoxy) is 1. The highest BCUT2D eigenvalue weighted by Gasteiger charge is 2.52. The fourth-order valence-electron chi connectivity index (χ4n) is 2.96. The summed E-state index contributed by atoms with van der Waals surface area (Å²) in [7, 11) is -0.661. The van der Waals surface area contributed by atoms with Gasteiger partial charge < -0.3 is 18.9 Å². The van der Waals surface area contributed by atoms with Gasteiger partial charge in [-0.2, -0.15) is 0 Å². The van der Waals surface area contributed by atoms with Crippen molar-refractivity contribution in [3.05, 3.63) is 23.8 Å². The van der Waals surface area contributed by atoms with Crippen molar-refractivity contribution >= 4 is 18.3 Å². The summed E-state index contributed by atoms with van der Waals surface area (Å²) in [6.07, 6.45) is -2.52. The normalized spacial score (nSPS) is 23.1. The van der Waals surface area contributed by atoms with Crippen LogP contribution in [0.4, 0.5) is 14.5 Å². The number of anilines is 1. The molecule has 2 aliphatic heterocycles. The van der Waals surface area contributed by atoms with Gasteiger partial charge in [-0.3, -0.25) is 0 Å². The highest BCUT2D eigenvalue weighted by molar-refractivity contribution is 6.64. The molecule has 24 heavy (non-hydrogen) atoms. The number of halogens is 2. The first-order valence-electron chi connectivity index (χ1n) is 8.31. The number of nitrogens with zero attached hydrogens (tertiary/aromatic N) is 1. The molecule has 0 radical (unpaired) electrons. The summed E-state index contributed by atoms with van der Waals surface area (Å²) in [5.74, 6) is 0. The van der Waals surface area contributed by atoms with Gasteiger partial charge in [0.2, 0.25) is 0 Å². The molecular formula is C17H24BF2NO3. The van der Waals surface area contributed by atoms with Gasteiger partial charge in [0.15, 0.2) is 0 Å². The van der Waals surface area contributed by atoms with Crippen molar-refractivity contribution in [1.82, 2.24) is 0 Å². The summed E-state index contributed by atoms with van der Waals surface area (Å²) in [4.78, 5) is 2.14. The second kappa shape index (κ2) is 6.28. The summed E-state index contributed by atoms with van der Waals surface area (Å²) in [5, 5.41) is 0. The molecule has 2 fully saturated rings. The van der Waals surface area contributed by atoms with Crippen LogP contribution in [0.2, 0.25) is 0 Å². The molecule has 0 aliphatic carbocycles. The van der Waals surface area contributed by atoms with Gasteiger partial charge in [-0.1, -0.05) is 12.1 Å². The largest absolute Gasteiger partial charge is 0.496 e. The summed E-state index contributed by atoms with van der Waals surface area (Å²) in [6, 6.07) is 4.73. The van der Waals surface area contributed by atoms with E-state index in [0.29, 0.717) is 18.7 Å². The Morgan fingerprint density at radius 3 is 2.17 bits per heavy atom. The third kappa shape index (κ3) is 3.17. The number of hydrogen-bond acceptors (Lipinski definition) is 4. The van der Waals surface area contributed by atoms with Crippen molar-refractivity contribution in [2.24, 2.45) is 0 Å². The summed E-state index contributed by atoms with van der Waals surface area (Å²) in [5.41, 5.74) is 0.493. The van der Waals surface area contributed by atoms with Gasteiger partial charge in [-0.05, 0) is 33.8 Å². The van der Waals surface area contributed by atoms with Gasteiger partial charge in [-0.15, -0.1) is 0 Å². The van der Waals surface area contributed by atoms with Crippen LogP contribution in [-0.4, -0.2) is 44.6 Å². The predicted molar refractivity (Wildman–Crippen MR) is 90.1 cm³/mol. The van der Waals surface area contributed by atoms with E-state index in [4.69, 9.17) is 14.0 Å². The lowest BCUT2D eigenvalue weighted by atomic mass is 9.76. The molecule has 2 heterocycles. The third-order valence-electron chi connectivity index (χ3n) is 5.16. The Hall–Kier alpha value is -1.18. The summed E-state index contributed by atoms with van der Waals surface area (Å²) < 4.78 is 44.0. The van der Waals surface area contributed by atoms with Gasteiger partial charge in [-0.25, -0.2) is 8.78 Å². The molecule has 0 N–H and O–H groups in total. The smallest absolute Gasteiger partial charge is 0.399 e. The molecule has 0 atom stereocenters. The lowest BCUT2D eigenvalue weighted by Gasteiger charge is -2.32. The zero-order chi connectivity index (χ0) is 17.5. The van der Waals surface area contributed by atoms with Crippen LogP contribution < -0.4 is 10.4 Å². The van der Waals surface area contributed by atoms with Gasteiger partial charge in [0, 0.05) is 29.8 Å². The maximum Gasteiger partial charge on any atom is 0.496 e. The van der Waals surface area contributed by atoms with E-state index < -0.39 is 24.7 Å². The lowest BCUT2D eigenvalue weighted by Crippen LogP contribution is -2.43. The van der Waals surface area contributed by atoms with Gasteiger partial charge >= 0.3 is 7.12 Å². The van der Waals surface area contributed by atoms with E-state index in [1.807, 2.05) is 27.7 Å². The van der Waals surface area contributed by atoms with Crippen molar-refractivity contribution in [2.45, 2.75) is 45.3 Å². The highest BCUT2D eigenvalue weighted by atomic mass is 19.3. The Morgan fingerprint density at radius 1 is 1.04 bits per heavy atom. The second-order valence-corrected chi connectivity index (χ2v) is 7.31. The number of alkyl halides is 2. The third-order valence-corrected chi connectivity index (χ3v) is 5.16. The molecule has 0 spiro atoms. The minimum atomic E-state index is -2.52. The van der Waals surface area contributed by atoms with Crippen molar-refractivity contribution < 1.29 is 22.8 Å². The maximum absolute atomic E-state index is 13.2. The van der Waals surface area contributed by atoms with Crippen LogP contribution in [0.15, 0.2) is 18.2 Å². The van der Waals surface area contributed by atoms with Gasteiger partial charge in [0.25, 0.3) is 6.43 Å². The van der Waals surface area contributed by atoms with Gasteiger partial charge in [0.1, 0.15) is 0 Å². The maximum atomic E-state index is 13.2. The molecule has 4 nitrogen and oxygen atoms in total. The van der Waals surface area contributed by atoms with Crippen molar-refractivity contribution in [1.29, 1.82) is 0 Å². The van der Waals surface area contributed by atoms with E-state index in [-0.39, 0.29) is 5.56 Å². The SMILES string of the molecule is CC1(C)OB(c2cc(C(F)F)ccc2N2CCOCC2)OC1(C)C. The van der Waals surface area contributed by atoms with Crippen LogP contribution >= 0.6 is 0 Å². The van der Waals surface area contributed by atoms with Crippen molar-refractivity contribution in [3.63, 3.8) is 0 Å². The molecule has 3 rings (SSSR count). The number of hydrogen-bond donors (Lipinski definition) is 0. The lowest BCUT2D eigenvalue weighted by molar-refractivity contribution is 0.00578. The molecule has 1 aromatic carbocycles. The first-order valence-corrected chi connectivity index (χ1v) is 8.31. The molecule has 132 valence electrons. The molecule has 7 heteroatoms. The average molecular weight is 339 g/mol. The Labute approximate surface area is 142 Å². The minimum absolute atomic E-state index is 0.0169. The summed E-state index contributed by atoms with van der Waals surface area (Å²) >= 11 is 0. The van der Waals surface area contributed by atoms with Crippen molar-refractivity contribution in [3.8, 4) is 0 Å². The second-order valence-electron chi connectivity index (χ2n) is 7.31. The molecule has 2 aliphatic rings. The van der Waals surface area contributed by atoms with Crippen LogP contribution in [0, 0.1) is 0 Å². The predicted octanol–water partition coefficient (Wildman–Crippen LogP) is 2.76. The molecular weight excluding hydrogens is 315 g/mol. The fraction of sp³-hybridized carbons (Fsp3) is 0.647. The zero-order valence-corrected chi connectivity index (χ0v) is 14.6. The summed E-state index contributed by atoms with van der Waals surface area (Å²) in [6.45, 7) is 10.5. The number of morpholine rings is 1. The van der Waals surface area contributed by atoms with Crippen LogP contribution in [0.1, 0.15) is 39.7 Å². The minimum Gasteiger partial charge on any atom is -0.399 e. The molecule has 1 aromatic rings. The monoisotopic (exact) mass is 339 g/mol. The van der Waals surface area contributed by atoms with Crippen LogP contribution in [0.5, 0.6) is 0 Å². The molecule has 2 saturated heterocycles. The topological polar surface area (TPSA) is 30.9 Å². The van der Waals surface area contributed by atoms with Gasteiger partial charge in [0.05, 0.1) is 24.4 Å². The fourth-order valence-corrected chi connectivity index (χ4v) is 2.96.